The van der Waals surface area contributed by atoms with Gasteiger partial charge in [0.2, 0.25) is 0 Å². The van der Waals surface area contributed by atoms with Gasteiger partial charge in [0, 0.05) is 11.1 Å². The summed E-state index contributed by atoms with van der Waals surface area (Å²) in [4.78, 5) is 12.0. The standard InChI is InChI=1S/C18H20ClNO4/c1-13(24-17-5-3-4-16(12-17)22-2)18(21)20-10-11-23-15-8-6-14(19)7-9-15/h3-9,12-13H,10-11H2,1-2H3,(H,20,21)/t13-/m1/s1. The van der Waals surface area contributed by atoms with Gasteiger partial charge in [-0.25, -0.2) is 0 Å². The quantitative estimate of drug-likeness (QED) is 0.743. The van der Waals surface area contributed by atoms with Gasteiger partial charge in [-0.2, -0.15) is 0 Å². The van der Waals surface area contributed by atoms with Crippen molar-refractivity contribution in [1.82, 2.24) is 5.32 Å². The van der Waals surface area contributed by atoms with E-state index in [0.717, 1.165) is 0 Å². The summed E-state index contributed by atoms with van der Waals surface area (Å²) < 4.78 is 16.2. The second-order valence-corrected chi connectivity index (χ2v) is 5.47. The number of nitrogens with one attached hydrogen (secondary N) is 1. The molecule has 2 aromatic carbocycles. The van der Waals surface area contributed by atoms with Gasteiger partial charge in [0.05, 0.1) is 13.7 Å². The number of carbonyl (C=O) groups is 1. The van der Waals surface area contributed by atoms with Gasteiger partial charge >= 0.3 is 0 Å². The molecule has 0 radical (unpaired) electrons. The molecule has 2 aromatic rings. The third-order valence-electron chi connectivity index (χ3n) is 3.21. The number of ether oxygens (including phenoxy) is 3. The van der Waals surface area contributed by atoms with Crippen LogP contribution in [0.2, 0.25) is 5.02 Å². The maximum atomic E-state index is 12.0. The van der Waals surface area contributed by atoms with Gasteiger partial charge in [-0.15, -0.1) is 0 Å². The summed E-state index contributed by atoms with van der Waals surface area (Å²) in [5.74, 6) is 1.75. The minimum Gasteiger partial charge on any atom is -0.497 e. The number of hydrogen-bond donors (Lipinski definition) is 1. The first-order valence-corrected chi connectivity index (χ1v) is 7.93. The van der Waals surface area contributed by atoms with Crippen molar-refractivity contribution in [2.75, 3.05) is 20.3 Å². The average molecular weight is 350 g/mol. The van der Waals surface area contributed by atoms with Gasteiger partial charge in [-0.1, -0.05) is 17.7 Å². The molecule has 0 spiro atoms. The van der Waals surface area contributed by atoms with Crippen molar-refractivity contribution in [3.05, 3.63) is 53.6 Å². The fourth-order valence-electron chi connectivity index (χ4n) is 1.95. The Bertz CT molecular complexity index is 660. The van der Waals surface area contributed by atoms with E-state index in [2.05, 4.69) is 5.32 Å². The van der Waals surface area contributed by atoms with E-state index >= 15 is 0 Å². The molecule has 0 aromatic heterocycles. The largest absolute Gasteiger partial charge is 0.497 e. The van der Waals surface area contributed by atoms with Crippen LogP contribution >= 0.6 is 11.6 Å². The van der Waals surface area contributed by atoms with E-state index in [9.17, 15) is 4.79 Å². The summed E-state index contributed by atoms with van der Waals surface area (Å²) in [6.45, 7) is 2.43. The smallest absolute Gasteiger partial charge is 0.260 e. The van der Waals surface area contributed by atoms with Crippen molar-refractivity contribution in [3.8, 4) is 17.2 Å². The lowest BCUT2D eigenvalue weighted by Crippen LogP contribution is -2.38. The minimum absolute atomic E-state index is 0.211. The fraction of sp³-hybridized carbons (Fsp3) is 0.278. The SMILES string of the molecule is COc1cccc(O[C@H](C)C(=O)NCCOc2ccc(Cl)cc2)c1. The number of methoxy groups -OCH3 is 1. The number of carbonyl (C=O) groups excluding carboxylic acids is 1. The van der Waals surface area contributed by atoms with E-state index in [-0.39, 0.29) is 5.91 Å². The molecule has 5 nitrogen and oxygen atoms in total. The van der Waals surface area contributed by atoms with E-state index in [1.807, 2.05) is 6.07 Å². The highest BCUT2D eigenvalue weighted by atomic mass is 35.5. The Balaban J connectivity index is 1.72. The maximum Gasteiger partial charge on any atom is 0.260 e. The van der Waals surface area contributed by atoms with Crippen LogP contribution in [0.1, 0.15) is 6.92 Å². The van der Waals surface area contributed by atoms with E-state index in [4.69, 9.17) is 25.8 Å². The van der Waals surface area contributed by atoms with Gasteiger partial charge in [0.15, 0.2) is 6.10 Å². The van der Waals surface area contributed by atoms with Crippen LogP contribution < -0.4 is 19.5 Å². The van der Waals surface area contributed by atoms with Crippen LogP contribution in [0, 0.1) is 0 Å². The number of benzene rings is 2. The summed E-state index contributed by atoms with van der Waals surface area (Å²) in [7, 11) is 1.58. The molecule has 0 unspecified atom stereocenters. The lowest BCUT2D eigenvalue weighted by atomic mass is 10.3. The zero-order valence-corrected chi connectivity index (χ0v) is 14.4. The van der Waals surface area contributed by atoms with Crippen LogP contribution in [-0.2, 0) is 4.79 Å². The number of halogens is 1. The molecule has 0 saturated carbocycles. The van der Waals surface area contributed by atoms with E-state index < -0.39 is 6.10 Å². The normalized spacial score (nSPS) is 11.5. The first-order chi connectivity index (χ1) is 11.6. The van der Waals surface area contributed by atoms with Crippen molar-refractivity contribution >= 4 is 17.5 Å². The Morgan fingerprint density at radius 3 is 2.54 bits per heavy atom. The summed E-state index contributed by atoms with van der Waals surface area (Å²) in [6.07, 6.45) is -0.618. The summed E-state index contributed by atoms with van der Waals surface area (Å²) >= 11 is 5.80. The molecule has 0 fully saturated rings. The highest BCUT2D eigenvalue weighted by Crippen LogP contribution is 2.20. The van der Waals surface area contributed by atoms with Gasteiger partial charge in [0.25, 0.3) is 5.91 Å². The highest BCUT2D eigenvalue weighted by molar-refractivity contribution is 6.30. The van der Waals surface area contributed by atoms with Gasteiger partial charge in [-0.3, -0.25) is 4.79 Å². The molecular formula is C18H20ClNO4. The lowest BCUT2D eigenvalue weighted by molar-refractivity contribution is -0.127. The van der Waals surface area contributed by atoms with Crippen molar-refractivity contribution in [1.29, 1.82) is 0 Å². The third kappa shape index (κ3) is 5.66. The van der Waals surface area contributed by atoms with Crippen molar-refractivity contribution < 1.29 is 19.0 Å². The number of hydrogen-bond acceptors (Lipinski definition) is 4. The monoisotopic (exact) mass is 349 g/mol. The first kappa shape index (κ1) is 17.9. The molecule has 0 saturated heterocycles. The van der Waals surface area contributed by atoms with Crippen molar-refractivity contribution in [3.63, 3.8) is 0 Å². The lowest BCUT2D eigenvalue weighted by Gasteiger charge is -2.15. The van der Waals surface area contributed by atoms with E-state index in [1.54, 1.807) is 56.5 Å². The van der Waals surface area contributed by atoms with E-state index in [0.29, 0.717) is 35.4 Å². The van der Waals surface area contributed by atoms with Gasteiger partial charge < -0.3 is 19.5 Å². The van der Waals surface area contributed by atoms with Crippen LogP contribution in [0.3, 0.4) is 0 Å². The van der Waals surface area contributed by atoms with Crippen molar-refractivity contribution in [2.24, 2.45) is 0 Å². The van der Waals surface area contributed by atoms with Crippen LogP contribution in [-0.4, -0.2) is 32.3 Å². The molecule has 1 amide bonds. The molecule has 128 valence electrons. The average Bonchev–Trinajstić information content (AvgIpc) is 2.60. The molecule has 0 aliphatic carbocycles. The molecule has 0 heterocycles. The molecular weight excluding hydrogens is 330 g/mol. The predicted molar refractivity (Wildman–Crippen MR) is 93.0 cm³/mol. The molecule has 1 N–H and O–H groups in total. The number of rotatable bonds is 8. The maximum absolute atomic E-state index is 12.0. The van der Waals surface area contributed by atoms with Crippen LogP contribution in [0.25, 0.3) is 0 Å². The van der Waals surface area contributed by atoms with Crippen molar-refractivity contribution in [2.45, 2.75) is 13.0 Å². The molecule has 2 rings (SSSR count). The summed E-state index contributed by atoms with van der Waals surface area (Å²) in [5.41, 5.74) is 0. The van der Waals surface area contributed by atoms with Crippen LogP contribution in [0.4, 0.5) is 0 Å². The topological polar surface area (TPSA) is 56.8 Å². The Labute approximate surface area is 146 Å². The Kier molecular flexibility index (Phi) is 6.75. The predicted octanol–water partition coefficient (Wildman–Crippen LogP) is 3.31. The molecule has 24 heavy (non-hydrogen) atoms. The van der Waals surface area contributed by atoms with Gasteiger partial charge in [-0.05, 0) is 43.3 Å². The fourth-order valence-corrected chi connectivity index (χ4v) is 2.08. The second-order valence-electron chi connectivity index (χ2n) is 5.03. The van der Waals surface area contributed by atoms with Crippen LogP contribution in [0.5, 0.6) is 17.2 Å². The molecule has 6 heteroatoms. The minimum atomic E-state index is -0.618. The first-order valence-electron chi connectivity index (χ1n) is 7.55. The molecule has 0 aliphatic heterocycles. The second kappa shape index (κ2) is 9.03. The zero-order chi connectivity index (χ0) is 17.4. The van der Waals surface area contributed by atoms with Gasteiger partial charge in [0.1, 0.15) is 23.9 Å². The highest BCUT2D eigenvalue weighted by Gasteiger charge is 2.14. The summed E-state index contributed by atoms with van der Waals surface area (Å²) in [6, 6.07) is 14.2. The Hall–Kier alpha value is -2.40. The Morgan fingerprint density at radius 1 is 1.12 bits per heavy atom. The molecule has 1 atom stereocenters. The number of amides is 1. The summed E-state index contributed by atoms with van der Waals surface area (Å²) in [5, 5.41) is 3.42. The van der Waals surface area contributed by atoms with E-state index in [1.165, 1.54) is 0 Å². The Morgan fingerprint density at radius 2 is 1.83 bits per heavy atom. The van der Waals surface area contributed by atoms with Crippen LogP contribution in [0.15, 0.2) is 48.5 Å². The molecule has 0 bridgehead atoms. The third-order valence-corrected chi connectivity index (χ3v) is 3.46. The zero-order valence-electron chi connectivity index (χ0n) is 13.6. The molecule has 0 aliphatic rings.